The van der Waals surface area contributed by atoms with Crippen LogP contribution in [0.2, 0.25) is 0 Å². The van der Waals surface area contributed by atoms with E-state index in [-0.39, 0.29) is 11.6 Å². The number of para-hydroxylation sites is 1. The molecule has 3 aromatic carbocycles. The molecule has 2 heterocycles. The number of benzene rings is 3. The Labute approximate surface area is 198 Å². The molecule has 6 heteroatoms. The molecular formula is C27H26N4OS. The fraction of sp³-hybridized carbons (Fsp3) is 0.222. The van der Waals surface area contributed by atoms with Gasteiger partial charge in [-0.15, -0.1) is 10.2 Å². The van der Waals surface area contributed by atoms with Crippen LogP contribution >= 0.6 is 11.8 Å². The maximum Gasteiger partial charge on any atom is 0.247 e. The Morgan fingerprint density at radius 2 is 1.61 bits per heavy atom. The van der Waals surface area contributed by atoms with Gasteiger partial charge in [0.25, 0.3) is 0 Å². The van der Waals surface area contributed by atoms with E-state index in [2.05, 4.69) is 72.7 Å². The van der Waals surface area contributed by atoms with Crippen molar-refractivity contribution in [2.24, 2.45) is 0 Å². The molecule has 33 heavy (non-hydrogen) atoms. The van der Waals surface area contributed by atoms with E-state index in [1.165, 1.54) is 11.1 Å². The third kappa shape index (κ3) is 4.71. The van der Waals surface area contributed by atoms with Gasteiger partial charge in [-0.25, -0.2) is 0 Å². The normalized spacial score (nSPS) is 14.9. The van der Waals surface area contributed by atoms with E-state index < -0.39 is 0 Å². The monoisotopic (exact) mass is 454 g/mol. The minimum atomic E-state index is -0.384. The smallest absolute Gasteiger partial charge is 0.247 e. The molecule has 166 valence electrons. The first-order valence-electron chi connectivity index (χ1n) is 11.0. The highest BCUT2D eigenvalue weighted by atomic mass is 32.2. The van der Waals surface area contributed by atoms with Crippen molar-refractivity contribution in [3.8, 4) is 17.1 Å². The van der Waals surface area contributed by atoms with E-state index in [9.17, 15) is 0 Å². The second-order valence-electron chi connectivity index (χ2n) is 9.08. The molecule has 0 fully saturated rings. The largest absolute Gasteiger partial charge is 0.448 e. The van der Waals surface area contributed by atoms with Crippen molar-refractivity contribution in [3.05, 3.63) is 95.6 Å². The molecule has 1 N–H and O–H groups in total. The second kappa shape index (κ2) is 8.87. The Bertz CT molecular complexity index is 1250. The molecule has 1 aliphatic heterocycles. The number of thioether (sulfide) groups is 1. The molecule has 0 aliphatic carbocycles. The zero-order valence-corrected chi connectivity index (χ0v) is 19.8. The van der Waals surface area contributed by atoms with Gasteiger partial charge in [-0.05, 0) is 22.6 Å². The number of fused-ring (bicyclic) bond motifs is 3. The van der Waals surface area contributed by atoms with Crippen LogP contribution in [-0.2, 0) is 11.2 Å². The van der Waals surface area contributed by atoms with Crippen LogP contribution in [0.5, 0.6) is 5.88 Å². The number of hydrogen-bond acceptors (Lipinski definition) is 6. The van der Waals surface area contributed by atoms with Crippen LogP contribution in [0.15, 0.2) is 84.0 Å². The summed E-state index contributed by atoms with van der Waals surface area (Å²) < 4.78 is 6.41. The lowest BCUT2D eigenvalue weighted by molar-refractivity contribution is 0.225. The van der Waals surface area contributed by atoms with Crippen molar-refractivity contribution in [2.45, 2.75) is 43.3 Å². The van der Waals surface area contributed by atoms with Gasteiger partial charge in [0, 0.05) is 22.6 Å². The summed E-state index contributed by atoms with van der Waals surface area (Å²) in [6.45, 7) is 6.64. The highest BCUT2D eigenvalue weighted by Crippen LogP contribution is 2.39. The SMILES string of the molecule is CC(C)(C)c1ccc([C@H]2Nc3ccccc3-c3nnc(SCc4ccccc4)nc3O2)cc1. The zero-order chi connectivity index (χ0) is 22.8. The Morgan fingerprint density at radius 3 is 2.36 bits per heavy atom. The molecule has 1 aromatic heterocycles. The van der Waals surface area contributed by atoms with Gasteiger partial charge in [0.2, 0.25) is 11.0 Å². The Balaban J connectivity index is 1.47. The summed E-state index contributed by atoms with van der Waals surface area (Å²) in [5.41, 5.74) is 6.15. The first-order chi connectivity index (χ1) is 16.0. The fourth-order valence-electron chi connectivity index (χ4n) is 3.74. The zero-order valence-electron chi connectivity index (χ0n) is 18.9. The summed E-state index contributed by atoms with van der Waals surface area (Å²) >= 11 is 1.55. The molecule has 0 saturated heterocycles. The van der Waals surface area contributed by atoms with E-state index >= 15 is 0 Å². The average molecular weight is 455 g/mol. The van der Waals surface area contributed by atoms with Gasteiger partial charge in [0.15, 0.2) is 11.9 Å². The number of nitrogens with one attached hydrogen (secondary N) is 1. The number of nitrogens with zero attached hydrogens (tertiary/aromatic N) is 3. The topological polar surface area (TPSA) is 59.9 Å². The molecule has 0 bridgehead atoms. The van der Waals surface area contributed by atoms with E-state index in [1.54, 1.807) is 11.8 Å². The van der Waals surface area contributed by atoms with Gasteiger partial charge < -0.3 is 10.1 Å². The maximum atomic E-state index is 6.41. The molecule has 1 aliphatic rings. The Kier molecular flexibility index (Phi) is 5.77. The standard InChI is InChI=1S/C27H26N4OS/c1-27(2,3)20-15-13-19(14-16-20)24-28-22-12-8-7-11-21(22)23-25(32-24)29-26(31-30-23)33-17-18-9-5-4-6-10-18/h4-16,24,28H,17H2,1-3H3/t24-/m0/s1. The van der Waals surface area contributed by atoms with E-state index in [1.807, 2.05) is 42.5 Å². The van der Waals surface area contributed by atoms with Crippen LogP contribution in [-0.4, -0.2) is 15.2 Å². The number of hydrogen-bond donors (Lipinski definition) is 1. The lowest BCUT2D eigenvalue weighted by Crippen LogP contribution is -2.18. The summed E-state index contributed by atoms with van der Waals surface area (Å²) in [7, 11) is 0. The van der Waals surface area contributed by atoms with E-state index in [0.717, 1.165) is 22.6 Å². The lowest BCUT2D eigenvalue weighted by atomic mass is 9.86. The number of aromatic nitrogens is 3. The second-order valence-corrected chi connectivity index (χ2v) is 10.0. The van der Waals surface area contributed by atoms with Crippen LogP contribution in [0.3, 0.4) is 0 Å². The van der Waals surface area contributed by atoms with Gasteiger partial charge in [-0.2, -0.15) is 4.98 Å². The number of ether oxygens (including phenoxy) is 1. The molecular weight excluding hydrogens is 428 g/mol. The van der Waals surface area contributed by atoms with Crippen LogP contribution in [0.25, 0.3) is 11.3 Å². The quantitative estimate of drug-likeness (QED) is 0.349. The molecule has 0 radical (unpaired) electrons. The minimum absolute atomic E-state index is 0.0947. The molecule has 1 atom stereocenters. The van der Waals surface area contributed by atoms with Crippen molar-refractivity contribution < 1.29 is 4.74 Å². The third-order valence-electron chi connectivity index (χ3n) is 5.62. The highest BCUT2D eigenvalue weighted by Gasteiger charge is 2.26. The maximum absolute atomic E-state index is 6.41. The van der Waals surface area contributed by atoms with Gasteiger partial charge in [-0.3, -0.25) is 0 Å². The number of anilines is 1. The summed E-state index contributed by atoms with van der Waals surface area (Å²) in [6.07, 6.45) is -0.384. The third-order valence-corrected chi connectivity index (χ3v) is 6.53. The van der Waals surface area contributed by atoms with Gasteiger partial charge in [0.1, 0.15) is 0 Å². The predicted molar refractivity (Wildman–Crippen MR) is 133 cm³/mol. The molecule has 0 spiro atoms. The summed E-state index contributed by atoms with van der Waals surface area (Å²) in [5, 5.41) is 13.0. The van der Waals surface area contributed by atoms with Crippen LogP contribution in [0, 0.1) is 0 Å². The molecule has 0 unspecified atom stereocenters. The molecule has 0 saturated carbocycles. The minimum Gasteiger partial charge on any atom is -0.448 e. The fourth-order valence-corrected chi connectivity index (χ4v) is 4.47. The van der Waals surface area contributed by atoms with Crippen molar-refractivity contribution in [1.82, 2.24) is 15.2 Å². The molecule has 0 amide bonds. The van der Waals surface area contributed by atoms with Crippen LogP contribution in [0.1, 0.15) is 43.7 Å². The van der Waals surface area contributed by atoms with Gasteiger partial charge in [-0.1, -0.05) is 105 Å². The Morgan fingerprint density at radius 1 is 0.879 bits per heavy atom. The highest BCUT2D eigenvalue weighted by molar-refractivity contribution is 7.98. The van der Waals surface area contributed by atoms with E-state index in [4.69, 9.17) is 9.72 Å². The van der Waals surface area contributed by atoms with Crippen molar-refractivity contribution in [1.29, 1.82) is 0 Å². The predicted octanol–water partition coefficient (Wildman–Crippen LogP) is 6.63. The summed E-state index contributed by atoms with van der Waals surface area (Å²) in [4.78, 5) is 4.75. The van der Waals surface area contributed by atoms with Crippen LogP contribution < -0.4 is 10.1 Å². The lowest BCUT2D eigenvalue weighted by Gasteiger charge is -2.22. The van der Waals surface area contributed by atoms with Crippen molar-refractivity contribution in [3.63, 3.8) is 0 Å². The Hall–Kier alpha value is -3.38. The molecule has 5 rings (SSSR count). The van der Waals surface area contributed by atoms with Crippen molar-refractivity contribution in [2.75, 3.05) is 5.32 Å². The molecule has 5 nitrogen and oxygen atoms in total. The average Bonchev–Trinajstić information content (AvgIpc) is 2.99. The van der Waals surface area contributed by atoms with Crippen LogP contribution in [0.4, 0.5) is 5.69 Å². The van der Waals surface area contributed by atoms with Gasteiger partial charge in [0.05, 0.1) is 0 Å². The first-order valence-corrected chi connectivity index (χ1v) is 12.0. The van der Waals surface area contributed by atoms with Crippen molar-refractivity contribution >= 4 is 17.4 Å². The summed E-state index contributed by atoms with van der Waals surface area (Å²) in [6, 6.07) is 26.9. The van der Waals surface area contributed by atoms with E-state index in [0.29, 0.717) is 16.7 Å². The number of rotatable bonds is 4. The molecule has 4 aromatic rings. The first kappa shape index (κ1) is 21.5. The van der Waals surface area contributed by atoms with Gasteiger partial charge >= 0.3 is 0 Å². The summed E-state index contributed by atoms with van der Waals surface area (Å²) in [5.74, 6) is 1.26.